The van der Waals surface area contributed by atoms with Crippen molar-refractivity contribution in [1.29, 1.82) is 0 Å². The van der Waals surface area contributed by atoms with Crippen LogP contribution in [0.3, 0.4) is 0 Å². The van der Waals surface area contributed by atoms with Crippen LogP contribution in [-0.2, 0) is 4.74 Å². The Kier molecular flexibility index (Phi) is 16.8. The summed E-state index contributed by atoms with van der Waals surface area (Å²) in [5.41, 5.74) is 0. The van der Waals surface area contributed by atoms with Gasteiger partial charge in [-0.3, -0.25) is 0 Å². The van der Waals surface area contributed by atoms with Crippen LogP contribution >= 0.6 is 12.4 Å². The lowest BCUT2D eigenvalue weighted by Gasteiger charge is -2.18. The fourth-order valence-electron chi connectivity index (χ4n) is 3.49. The Balaban J connectivity index is 0.00000529. The molecule has 0 aromatic carbocycles. The number of epoxide rings is 1. The molecule has 2 atom stereocenters. The molecule has 1 aliphatic rings. The van der Waals surface area contributed by atoms with E-state index in [1.54, 1.807) is 0 Å². The van der Waals surface area contributed by atoms with Crippen LogP contribution in [0.25, 0.3) is 0 Å². The van der Waals surface area contributed by atoms with E-state index >= 15 is 0 Å². The average Bonchev–Trinajstić information content (AvgIpc) is 3.34. The number of unbranched alkanes of at least 4 members (excludes halogenated alkanes) is 10. The second kappa shape index (κ2) is 16.7. The Bertz CT molecular complexity index is 256. The first-order valence-corrected chi connectivity index (χ1v) is 10.5. The van der Waals surface area contributed by atoms with E-state index in [1.165, 1.54) is 96.4 Å². The summed E-state index contributed by atoms with van der Waals surface area (Å²) in [7, 11) is 4.37. The number of nitrogens with zero attached hydrogens (tertiary/aromatic N) is 1. The van der Waals surface area contributed by atoms with Gasteiger partial charge in [-0.25, -0.2) is 0 Å². The maximum atomic E-state index is 5.44. The Morgan fingerprint density at radius 3 is 1.79 bits per heavy atom. The van der Waals surface area contributed by atoms with Crippen LogP contribution in [0.4, 0.5) is 0 Å². The second-order valence-corrected chi connectivity index (χ2v) is 7.97. The van der Waals surface area contributed by atoms with Crippen LogP contribution in [-0.4, -0.2) is 38.3 Å². The third-order valence-corrected chi connectivity index (χ3v) is 5.20. The van der Waals surface area contributed by atoms with E-state index in [-0.39, 0.29) is 12.4 Å². The van der Waals surface area contributed by atoms with Crippen molar-refractivity contribution in [3.63, 3.8) is 0 Å². The summed E-state index contributed by atoms with van der Waals surface area (Å²) < 4.78 is 5.44. The second-order valence-electron chi connectivity index (χ2n) is 7.97. The molecule has 1 aliphatic heterocycles. The molecule has 0 spiro atoms. The predicted octanol–water partition coefficient (Wildman–Crippen LogP) is 6.47. The quantitative estimate of drug-likeness (QED) is 0.218. The molecule has 0 aliphatic carbocycles. The first-order valence-electron chi connectivity index (χ1n) is 10.5. The van der Waals surface area contributed by atoms with Gasteiger partial charge in [-0.2, -0.15) is 0 Å². The Morgan fingerprint density at radius 1 is 0.833 bits per heavy atom. The lowest BCUT2D eigenvalue weighted by atomic mass is 9.92. The highest BCUT2D eigenvalue weighted by atomic mass is 35.5. The van der Waals surface area contributed by atoms with Crippen molar-refractivity contribution in [2.24, 2.45) is 5.92 Å². The Labute approximate surface area is 158 Å². The summed E-state index contributed by atoms with van der Waals surface area (Å²) in [6, 6.07) is 0. The molecular weight excluding hydrogens is 318 g/mol. The summed E-state index contributed by atoms with van der Waals surface area (Å²) in [4.78, 5) is 2.32. The van der Waals surface area contributed by atoms with Gasteiger partial charge < -0.3 is 9.64 Å². The summed E-state index contributed by atoms with van der Waals surface area (Å²) in [5, 5.41) is 0. The number of hydrogen-bond donors (Lipinski definition) is 0. The lowest BCUT2D eigenvalue weighted by molar-refractivity contribution is 0.290. The normalized spacial score (nSPS) is 17.8. The summed E-state index contributed by atoms with van der Waals surface area (Å²) in [5.74, 6) is 0.892. The first-order chi connectivity index (χ1) is 11.2. The van der Waals surface area contributed by atoms with Crippen LogP contribution in [0.2, 0.25) is 0 Å². The van der Waals surface area contributed by atoms with Crippen molar-refractivity contribution < 1.29 is 4.74 Å². The fourth-order valence-corrected chi connectivity index (χ4v) is 3.49. The first kappa shape index (κ1) is 24.2. The van der Waals surface area contributed by atoms with Gasteiger partial charge in [0.25, 0.3) is 0 Å². The van der Waals surface area contributed by atoms with E-state index in [9.17, 15) is 0 Å². The van der Waals surface area contributed by atoms with Gasteiger partial charge in [-0.15, -0.1) is 12.4 Å². The highest BCUT2D eigenvalue weighted by Crippen LogP contribution is 2.26. The molecule has 0 N–H and O–H groups in total. The minimum Gasteiger partial charge on any atom is -0.373 e. The monoisotopic (exact) mass is 361 g/mol. The molecule has 1 saturated heterocycles. The lowest BCUT2D eigenvalue weighted by Crippen LogP contribution is -2.17. The molecule has 0 bridgehead atoms. The molecule has 2 nitrogen and oxygen atoms in total. The fraction of sp³-hybridized carbons (Fsp3) is 1.00. The summed E-state index contributed by atoms with van der Waals surface area (Å²) in [6.07, 6.45) is 20.6. The molecule has 0 aromatic rings. The van der Waals surface area contributed by atoms with Crippen molar-refractivity contribution in [1.82, 2.24) is 4.90 Å². The average molecular weight is 362 g/mol. The molecule has 146 valence electrons. The van der Waals surface area contributed by atoms with Crippen LogP contribution < -0.4 is 0 Å². The number of rotatable bonds is 17. The molecule has 1 rings (SSSR count). The van der Waals surface area contributed by atoms with Crippen LogP contribution in [0, 0.1) is 5.92 Å². The zero-order valence-corrected chi connectivity index (χ0v) is 17.5. The zero-order chi connectivity index (χ0) is 16.8. The maximum absolute atomic E-state index is 5.44. The molecule has 0 aromatic heterocycles. The maximum Gasteiger partial charge on any atom is 0.0812 e. The zero-order valence-electron chi connectivity index (χ0n) is 16.7. The van der Waals surface area contributed by atoms with Crippen molar-refractivity contribution in [2.45, 2.75) is 103 Å². The molecule has 1 heterocycles. The molecular formula is C21H44ClNO. The van der Waals surface area contributed by atoms with Gasteiger partial charge in [0.2, 0.25) is 0 Å². The van der Waals surface area contributed by atoms with Gasteiger partial charge in [0.05, 0.1) is 12.7 Å². The highest BCUT2D eigenvalue weighted by Gasteiger charge is 2.26. The standard InChI is InChI=1S/C21H43NO.ClH/c1-4-5-6-7-8-9-10-11-12-13-14-15-20(16-17-22(2)3)18-21-19-23-21;/h20-21H,4-19H2,1-3H3;1H. The SMILES string of the molecule is CCCCCCCCCCCCCC(CCN(C)C)CC1CO1.Cl. The molecule has 3 heteroatoms. The van der Waals surface area contributed by atoms with E-state index in [4.69, 9.17) is 4.74 Å². The molecule has 0 saturated carbocycles. The van der Waals surface area contributed by atoms with Gasteiger partial charge in [-0.1, -0.05) is 84.0 Å². The Hall–Kier alpha value is 0.210. The van der Waals surface area contributed by atoms with Crippen molar-refractivity contribution in [3.05, 3.63) is 0 Å². The van der Waals surface area contributed by atoms with E-state index in [0.717, 1.165) is 12.5 Å². The molecule has 0 radical (unpaired) electrons. The largest absolute Gasteiger partial charge is 0.373 e. The molecule has 2 unspecified atom stereocenters. The number of hydrogen-bond acceptors (Lipinski definition) is 2. The van der Waals surface area contributed by atoms with Crippen LogP contribution in [0.1, 0.15) is 96.8 Å². The van der Waals surface area contributed by atoms with E-state index in [0.29, 0.717) is 6.10 Å². The van der Waals surface area contributed by atoms with Gasteiger partial charge in [0.15, 0.2) is 0 Å². The third-order valence-electron chi connectivity index (χ3n) is 5.20. The Morgan fingerprint density at radius 2 is 1.33 bits per heavy atom. The molecule has 1 fully saturated rings. The molecule has 24 heavy (non-hydrogen) atoms. The van der Waals surface area contributed by atoms with E-state index in [2.05, 4.69) is 25.9 Å². The van der Waals surface area contributed by atoms with Gasteiger partial charge in [0, 0.05) is 0 Å². The van der Waals surface area contributed by atoms with Crippen molar-refractivity contribution in [3.8, 4) is 0 Å². The van der Waals surface area contributed by atoms with Gasteiger partial charge >= 0.3 is 0 Å². The van der Waals surface area contributed by atoms with Crippen LogP contribution in [0.5, 0.6) is 0 Å². The smallest absolute Gasteiger partial charge is 0.0812 e. The van der Waals surface area contributed by atoms with E-state index < -0.39 is 0 Å². The topological polar surface area (TPSA) is 15.8 Å². The number of halogens is 1. The van der Waals surface area contributed by atoms with Gasteiger partial charge in [-0.05, 0) is 39.4 Å². The van der Waals surface area contributed by atoms with Crippen molar-refractivity contribution in [2.75, 3.05) is 27.2 Å². The third kappa shape index (κ3) is 15.7. The molecule has 0 amide bonds. The predicted molar refractivity (Wildman–Crippen MR) is 109 cm³/mol. The highest BCUT2D eigenvalue weighted by molar-refractivity contribution is 5.85. The number of ether oxygens (including phenoxy) is 1. The summed E-state index contributed by atoms with van der Waals surface area (Å²) in [6.45, 7) is 4.55. The van der Waals surface area contributed by atoms with Crippen molar-refractivity contribution >= 4 is 12.4 Å². The minimum absolute atomic E-state index is 0. The minimum atomic E-state index is 0. The van der Waals surface area contributed by atoms with E-state index in [1.807, 2.05) is 0 Å². The van der Waals surface area contributed by atoms with Crippen LogP contribution in [0.15, 0.2) is 0 Å². The summed E-state index contributed by atoms with van der Waals surface area (Å²) >= 11 is 0. The van der Waals surface area contributed by atoms with Gasteiger partial charge in [0.1, 0.15) is 0 Å².